The molecule has 0 aliphatic rings. The van der Waals surface area contributed by atoms with Crippen LogP contribution in [0.15, 0.2) is 29.3 Å². The Balaban J connectivity index is 0.00000784. The molecule has 0 bridgehead atoms. The van der Waals surface area contributed by atoms with E-state index in [0.717, 1.165) is 0 Å². The van der Waals surface area contributed by atoms with E-state index in [1.54, 1.807) is 39.0 Å². The van der Waals surface area contributed by atoms with Crippen LogP contribution in [0.25, 0.3) is 0 Å². The van der Waals surface area contributed by atoms with Crippen LogP contribution in [0, 0.1) is 0 Å². The van der Waals surface area contributed by atoms with Crippen molar-refractivity contribution in [2.75, 3.05) is 32.7 Å². The summed E-state index contributed by atoms with van der Waals surface area (Å²) in [4.78, 5) is 27.9. The molecule has 0 heterocycles. The zero-order valence-corrected chi connectivity index (χ0v) is 19.7. The topological polar surface area (TPSA) is 124 Å². The predicted octanol–water partition coefficient (Wildman–Crippen LogP) is 1.82. The quantitative estimate of drug-likeness (QED) is 0.154. The molecular weight excluding hydrogens is 489 g/mol. The SMILES string of the molecule is CCNC(=NCCNC(=O)c1ccccc1O)NCCNC(=O)OC(C)(C)C.I. The van der Waals surface area contributed by atoms with Gasteiger partial charge in [-0.1, -0.05) is 12.1 Å². The molecule has 0 aliphatic carbocycles. The van der Waals surface area contributed by atoms with Gasteiger partial charge < -0.3 is 31.1 Å². The fourth-order valence-electron chi connectivity index (χ4n) is 2.10. The molecule has 5 N–H and O–H groups in total. The highest BCUT2D eigenvalue weighted by Gasteiger charge is 2.15. The maximum absolute atomic E-state index is 12.0. The molecule has 2 amide bonds. The monoisotopic (exact) mass is 521 g/mol. The van der Waals surface area contributed by atoms with Gasteiger partial charge in [0, 0.05) is 26.2 Å². The van der Waals surface area contributed by atoms with Crippen molar-refractivity contribution in [2.45, 2.75) is 33.3 Å². The van der Waals surface area contributed by atoms with Crippen molar-refractivity contribution < 1.29 is 19.4 Å². The van der Waals surface area contributed by atoms with Crippen molar-refractivity contribution in [2.24, 2.45) is 4.99 Å². The summed E-state index contributed by atoms with van der Waals surface area (Å²) in [5, 5.41) is 21.2. The molecule has 29 heavy (non-hydrogen) atoms. The van der Waals surface area contributed by atoms with Crippen LogP contribution in [-0.2, 0) is 4.74 Å². The molecule has 0 aromatic heterocycles. The molecule has 164 valence electrons. The average molecular weight is 521 g/mol. The molecule has 9 nitrogen and oxygen atoms in total. The Morgan fingerprint density at radius 3 is 2.31 bits per heavy atom. The van der Waals surface area contributed by atoms with Crippen molar-refractivity contribution in [1.29, 1.82) is 0 Å². The van der Waals surface area contributed by atoms with E-state index in [4.69, 9.17) is 4.74 Å². The zero-order valence-electron chi connectivity index (χ0n) is 17.4. The Bertz CT molecular complexity index is 677. The molecule has 1 aromatic carbocycles. The third kappa shape index (κ3) is 12.0. The summed E-state index contributed by atoms with van der Waals surface area (Å²) in [6.07, 6.45) is -0.469. The van der Waals surface area contributed by atoms with Crippen molar-refractivity contribution in [3.05, 3.63) is 29.8 Å². The number of carbonyl (C=O) groups is 2. The van der Waals surface area contributed by atoms with Gasteiger partial charge >= 0.3 is 6.09 Å². The maximum atomic E-state index is 12.0. The van der Waals surface area contributed by atoms with Gasteiger partial charge in [-0.25, -0.2) is 4.79 Å². The Morgan fingerprint density at radius 2 is 1.69 bits per heavy atom. The van der Waals surface area contributed by atoms with Gasteiger partial charge in [0.1, 0.15) is 11.4 Å². The van der Waals surface area contributed by atoms with Crippen LogP contribution in [0.3, 0.4) is 0 Å². The number of hydrogen-bond acceptors (Lipinski definition) is 5. The predicted molar refractivity (Wildman–Crippen MR) is 124 cm³/mol. The molecule has 1 aromatic rings. The van der Waals surface area contributed by atoms with E-state index >= 15 is 0 Å². The van der Waals surface area contributed by atoms with Crippen molar-refractivity contribution in [3.63, 3.8) is 0 Å². The van der Waals surface area contributed by atoms with Gasteiger partial charge in [0.2, 0.25) is 0 Å². The number of aromatic hydroxyl groups is 1. The summed E-state index contributed by atoms with van der Waals surface area (Å²) in [5.41, 5.74) is -0.306. The number of carbonyl (C=O) groups excluding carboxylic acids is 2. The molecule has 0 saturated carbocycles. The maximum Gasteiger partial charge on any atom is 0.407 e. The number of guanidine groups is 1. The molecule has 0 radical (unpaired) electrons. The fraction of sp³-hybridized carbons (Fsp3) is 0.526. The third-order valence-electron chi connectivity index (χ3n) is 3.25. The lowest BCUT2D eigenvalue weighted by Gasteiger charge is -2.19. The van der Waals surface area contributed by atoms with Crippen molar-refractivity contribution in [3.8, 4) is 5.75 Å². The van der Waals surface area contributed by atoms with Gasteiger partial charge in [-0.3, -0.25) is 9.79 Å². The lowest BCUT2D eigenvalue weighted by atomic mass is 10.2. The largest absolute Gasteiger partial charge is 0.507 e. The molecule has 0 atom stereocenters. The zero-order chi connectivity index (χ0) is 21.0. The molecule has 0 unspecified atom stereocenters. The first kappa shape index (κ1) is 26.8. The molecule has 10 heteroatoms. The normalized spacial score (nSPS) is 11.1. The Kier molecular flexibility index (Phi) is 12.8. The highest BCUT2D eigenvalue weighted by molar-refractivity contribution is 14.0. The number of phenols is 1. The van der Waals surface area contributed by atoms with Gasteiger partial charge in [-0.2, -0.15) is 0 Å². The van der Waals surface area contributed by atoms with Crippen LogP contribution >= 0.6 is 24.0 Å². The third-order valence-corrected chi connectivity index (χ3v) is 3.25. The second-order valence-electron chi connectivity index (χ2n) is 6.89. The minimum atomic E-state index is -0.533. The number of hydrogen-bond donors (Lipinski definition) is 5. The van der Waals surface area contributed by atoms with E-state index < -0.39 is 11.7 Å². The highest BCUT2D eigenvalue weighted by Crippen LogP contribution is 2.14. The molecule has 0 saturated heterocycles. The van der Waals surface area contributed by atoms with Gasteiger partial charge in [-0.15, -0.1) is 24.0 Å². The number of nitrogens with zero attached hydrogens (tertiary/aromatic N) is 1. The summed E-state index contributed by atoms with van der Waals surface area (Å²) in [7, 11) is 0. The molecule has 0 spiro atoms. The minimum Gasteiger partial charge on any atom is -0.507 e. The van der Waals surface area contributed by atoms with Gasteiger partial charge in [0.15, 0.2) is 5.96 Å². The molecule has 0 aliphatic heterocycles. The number of amides is 2. The second kappa shape index (κ2) is 13.9. The molecule has 0 fully saturated rings. The lowest BCUT2D eigenvalue weighted by Crippen LogP contribution is -2.42. The first-order valence-corrected chi connectivity index (χ1v) is 9.28. The van der Waals surface area contributed by atoms with Gasteiger partial charge in [-0.05, 0) is 39.8 Å². The number of ether oxygens (including phenoxy) is 1. The molecular formula is C19H32IN5O4. The average Bonchev–Trinajstić information content (AvgIpc) is 2.60. The number of alkyl carbamates (subject to hydrolysis) is 1. The first-order chi connectivity index (χ1) is 13.2. The van der Waals surface area contributed by atoms with Crippen LogP contribution in [0.1, 0.15) is 38.1 Å². The Morgan fingerprint density at radius 1 is 1.03 bits per heavy atom. The minimum absolute atomic E-state index is 0. The fourth-order valence-corrected chi connectivity index (χ4v) is 2.10. The molecule has 1 rings (SSSR count). The number of nitrogens with one attached hydrogen (secondary N) is 4. The Labute approximate surface area is 189 Å². The number of aliphatic imine (C=N–C) groups is 1. The van der Waals surface area contributed by atoms with Crippen molar-refractivity contribution >= 4 is 41.9 Å². The standard InChI is InChI=1S/C19H31N5O4.HI/c1-5-20-17(23-12-13-24-18(27)28-19(2,3)4)22-11-10-21-16(26)14-8-6-7-9-15(14)25;/h6-9,25H,5,10-13H2,1-4H3,(H,21,26)(H,24,27)(H2,20,22,23);1H. The second-order valence-corrected chi connectivity index (χ2v) is 6.89. The number of benzene rings is 1. The Hall–Kier alpha value is -2.24. The summed E-state index contributed by atoms with van der Waals surface area (Å²) in [5.74, 6) is 0.161. The van der Waals surface area contributed by atoms with Crippen LogP contribution < -0.4 is 21.3 Å². The van der Waals surface area contributed by atoms with E-state index in [9.17, 15) is 14.7 Å². The van der Waals surface area contributed by atoms with Crippen LogP contribution in [-0.4, -0.2) is 61.4 Å². The van der Waals surface area contributed by atoms with E-state index in [0.29, 0.717) is 38.7 Å². The number of para-hydroxylation sites is 1. The first-order valence-electron chi connectivity index (χ1n) is 9.28. The van der Waals surface area contributed by atoms with E-state index in [1.807, 2.05) is 6.92 Å². The van der Waals surface area contributed by atoms with Crippen LogP contribution in [0.2, 0.25) is 0 Å². The van der Waals surface area contributed by atoms with E-state index in [1.165, 1.54) is 6.07 Å². The summed E-state index contributed by atoms with van der Waals surface area (Å²) in [6.45, 7) is 9.55. The summed E-state index contributed by atoms with van der Waals surface area (Å²) in [6, 6.07) is 6.36. The van der Waals surface area contributed by atoms with Crippen molar-refractivity contribution in [1.82, 2.24) is 21.3 Å². The van der Waals surface area contributed by atoms with Gasteiger partial charge in [0.25, 0.3) is 5.91 Å². The number of phenolic OH excluding ortho intramolecular Hbond substituents is 1. The highest BCUT2D eigenvalue weighted by atomic mass is 127. The van der Waals surface area contributed by atoms with Crippen LogP contribution in [0.5, 0.6) is 5.75 Å². The smallest absolute Gasteiger partial charge is 0.407 e. The van der Waals surface area contributed by atoms with E-state index in [2.05, 4.69) is 26.3 Å². The van der Waals surface area contributed by atoms with Gasteiger partial charge in [0.05, 0.1) is 12.1 Å². The number of halogens is 1. The summed E-state index contributed by atoms with van der Waals surface area (Å²) >= 11 is 0. The summed E-state index contributed by atoms with van der Waals surface area (Å²) < 4.78 is 5.16. The van der Waals surface area contributed by atoms with E-state index in [-0.39, 0.29) is 41.2 Å². The number of rotatable bonds is 8. The van der Waals surface area contributed by atoms with Crippen LogP contribution in [0.4, 0.5) is 4.79 Å². The lowest BCUT2D eigenvalue weighted by molar-refractivity contribution is 0.0528.